The molecule has 0 aliphatic carbocycles. The van der Waals surface area contributed by atoms with Gasteiger partial charge in [0.1, 0.15) is 0 Å². The number of aryl methyl sites for hydroxylation is 1. The van der Waals surface area contributed by atoms with Crippen molar-refractivity contribution in [1.82, 2.24) is 15.2 Å². The van der Waals surface area contributed by atoms with Crippen molar-refractivity contribution < 1.29 is 4.79 Å². The smallest absolute Gasteiger partial charge is 0.249 e. The van der Waals surface area contributed by atoms with E-state index in [1.165, 1.54) is 6.92 Å². The van der Waals surface area contributed by atoms with E-state index in [2.05, 4.69) is 41.7 Å². The molecule has 0 saturated carbocycles. The molecule has 0 spiro atoms. The Morgan fingerprint density at radius 3 is 2.44 bits per heavy atom. The fraction of sp³-hybridized carbons (Fsp3) is 0.111. The molecule has 0 radical (unpaired) electrons. The van der Waals surface area contributed by atoms with Crippen LogP contribution in [0.15, 0.2) is 53.1 Å². The first-order chi connectivity index (χ1) is 12.0. The zero-order valence-corrected chi connectivity index (χ0v) is 15.3. The number of aromatic nitrogens is 3. The highest BCUT2D eigenvalue weighted by molar-refractivity contribution is 9.10. The van der Waals surface area contributed by atoms with Crippen molar-refractivity contribution in [3.63, 3.8) is 0 Å². The van der Waals surface area contributed by atoms with Gasteiger partial charge >= 0.3 is 0 Å². The molecule has 0 aliphatic heterocycles. The van der Waals surface area contributed by atoms with Crippen molar-refractivity contribution >= 4 is 44.9 Å². The van der Waals surface area contributed by atoms with E-state index < -0.39 is 0 Å². The van der Waals surface area contributed by atoms with Gasteiger partial charge in [-0.1, -0.05) is 22.0 Å². The van der Waals surface area contributed by atoms with Crippen molar-refractivity contribution in [3.8, 4) is 0 Å². The normalized spacial score (nSPS) is 10.4. The van der Waals surface area contributed by atoms with Crippen LogP contribution in [0.25, 0.3) is 0 Å². The number of carbonyl (C=O) groups excluding carboxylic acids is 1. The van der Waals surface area contributed by atoms with Crippen LogP contribution in [0.2, 0.25) is 0 Å². The summed E-state index contributed by atoms with van der Waals surface area (Å²) < 4.78 is 1.02. The van der Waals surface area contributed by atoms with Gasteiger partial charge in [-0.3, -0.25) is 4.79 Å². The molecule has 2 aromatic carbocycles. The van der Waals surface area contributed by atoms with Gasteiger partial charge in [0.2, 0.25) is 5.95 Å². The number of hydrogen-bond acceptors (Lipinski definition) is 6. The Kier molecular flexibility index (Phi) is 5.04. The number of nitrogens with zero attached hydrogens (tertiary/aromatic N) is 3. The van der Waals surface area contributed by atoms with Crippen LogP contribution in [0, 0.1) is 6.92 Å². The first kappa shape index (κ1) is 17.0. The fourth-order valence-corrected chi connectivity index (χ4v) is 2.53. The summed E-state index contributed by atoms with van der Waals surface area (Å²) >= 11 is 3.51. The number of nitrogens with one attached hydrogen (secondary N) is 2. The average Bonchev–Trinajstić information content (AvgIpc) is 2.59. The molecular weight excluding hydrogens is 382 g/mol. The van der Waals surface area contributed by atoms with E-state index in [0.717, 1.165) is 21.4 Å². The van der Waals surface area contributed by atoms with Gasteiger partial charge in [0.25, 0.3) is 0 Å². The summed E-state index contributed by atoms with van der Waals surface area (Å²) in [6.07, 6.45) is 1.55. The second kappa shape index (κ2) is 7.40. The quantitative estimate of drug-likeness (QED) is 0.610. The minimum Gasteiger partial charge on any atom is -0.339 e. The number of benzene rings is 2. The zero-order valence-electron chi connectivity index (χ0n) is 13.7. The Labute approximate surface area is 153 Å². The molecule has 0 atom stereocenters. The largest absolute Gasteiger partial charge is 0.339 e. The van der Waals surface area contributed by atoms with Gasteiger partial charge in [-0.15, -0.1) is 5.10 Å². The van der Waals surface area contributed by atoms with Crippen LogP contribution in [-0.4, -0.2) is 21.0 Å². The van der Waals surface area contributed by atoms with Crippen LogP contribution in [0.5, 0.6) is 0 Å². The molecule has 25 heavy (non-hydrogen) atoms. The number of ketones is 1. The van der Waals surface area contributed by atoms with Crippen LogP contribution in [0.3, 0.4) is 0 Å². The van der Waals surface area contributed by atoms with Crippen LogP contribution in [-0.2, 0) is 0 Å². The molecule has 3 rings (SSSR count). The summed E-state index contributed by atoms with van der Waals surface area (Å²) in [5, 5.41) is 14.2. The molecule has 1 aromatic heterocycles. The molecule has 7 heteroatoms. The number of halogens is 1. The van der Waals surface area contributed by atoms with E-state index in [0.29, 0.717) is 17.3 Å². The van der Waals surface area contributed by atoms with Crippen LogP contribution < -0.4 is 10.6 Å². The van der Waals surface area contributed by atoms with Gasteiger partial charge in [0.15, 0.2) is 11.6 Å². The van der Waals surface area contributed by atoms with E-state index in [1.54, 1.807) is 30.5 Å². The third-order valence-electron chi connectivity index (χ3n) is 3.55. The molecule has 0 bridgehead atoms. The highest BCUT2D eigenvalue weighted by atomic mass is 79.9. The number of hydrogen-bond donors (Lipinski definition) is 2. The summed E-state index contributed by atoms with van der Waals surface area (Å²) in [5.41, 5.74) is 3.49. The third-order valence-corrected chi connectivity index (χ3v) is 4.40. The number of Topliss-reactive ketones (excluding diaryl/α,β-unsaturated/α-hetero) is 1. The van der Waals surface area contributed by atoms with Gasteiger partial charge in [0.05, 0.1) is 6.20 Å². The molecule has 1 heterocycles. The Balaban J connectivity index is 1.74. The van der Waals surface area contributed by atoms with Crippen molar-refractivity contribution in [1.29, 1.82) is 0 Å². The van der Waals surface area contributed by atoms with Crippen LogP contribution in [0.4, 0.5) is 23.1 Å². The van der Waals surface area contributed by atoms with E-state index in [9.17, 15) is 4.79 Å². The van der Waals surface area contributed by atoms with Gasteiger partial charge in [-0.05, 0) is 55.8 Å². The van der Waals surface area contributed by atoms with E-state index in [4.69, 9.17) is 0 Å². The van der Waals surface area contributed by atoms with Gasteiger partial charge in [-0.25, -0.2) is 0 Å². The minimum absolute atomic E-state index is 0.0277. The second-order valence-corrected chi connectivity index (χ2v) is 6.37. The first-order valence-corrected chi connectivity index (χ1v) is 8.41. The lowest BCUT2D eigenvalue weighted by molar-refractivity contribution is 0.101. The predicted octanol–water partition coefficient (Wildman–Crippen LogP) is 4.63. The van der Waals surface area contributed by atoms with Gasteiger partial charge < -0.3 is 10.6 Å². The minimum atomic E-state index is 0.0277. The van der Waals surface area contributed by atoms with E-state index >= 15 is 0 Å². The summed E-state index contributed by atoms with van der Waals surface area (Å²) in [5.74, 6) is 0.972. The number of rotatable bonds is 5. The highest BCUT2D eigenvalue weighted by Gasteiger charge is 2.04. The second-order valence-electron chi connectivity index (χ2n) is 5.51. The van der Waals surface area contributed by atoms with Crippen LogP contribution >= 0.6 is 15.9 Å². The number of anilines is 4. The molecule has 6 nitrogen and oxygen atoms in total. The maximum atomic E-state index is 11.3. The molecule has 0 unspecified atom stereocenters. The third kappa shape index (κ3) is 4.39. The molecular formula is C18H16BrN5O. The Hall–Kier alpha value is -2.80. The lowest BCUT2D eigenvalue weighted by Gasteiger charge is -2.09. The Morgan fingerprint density at radius 2 is 1.76 bits per heavy atom. The first-order valence-electron chi connectivity index (χ1n) is 7.62. The van der Waals surface area contributed by atoms with E-state index in [1.807, 2.05) is 25.1 Å². The molecule has 0 amide bonds. The zero-order chi connectivity index (χ0) is 17.8. The van der Waals surface area contributed by atoms with Crippen molar-refractivity contribution in [3.05, 3.63) is 64.3 Å². The summed E-state index contributed by atoms with van der Waals surface area (Å²) in [4.78, 5) is 15.7. The monoisotopic (exact) mass is 397 g/mol. The van der Waals surface area contributed by atoms with E-state index in [-0.39, 0.29) is 5.78 Å². The molecule has 3 aromatic rings. The fourth-order valence-electron chi connectivity index (χ4n) is 2.15. The molecule has 2 N–H and O–H groups in total. The topological polar surface area (TPSA) is 79.8 Å². The Morgan fingerprint density at radius 1 is 1.04 bits per heavy atom. The maximum Gasteiger partial charge on any atom is 0.249 e. The predicted molar refractivity (Wildman–Crippen MR) is 102 cm³/mol. The standard InChI is InChI=1S/C18H16BrN5O/c1-11-3-6-15(9-16(11)19)21-17-10-20-24-18(23-17)22-14-7-4-13(5-8-14)12(2)25/h3-10H,1-2H3,(H2,21,22,23,24). The van der Waals surface area contributed by atoms with Crippen molar-refractivity contribution in [2.75, 3.05) is 10.6 Å². The number of carbonyl (C=O) groups is 1. The lowest BCUT2D eigenvalue weighted by atomic mass is 10.1. The van der Waals surface area contributed by atoms with Crippen LogP contribution in [0.1, 0.15) is 22.8 Å². The summed E-state index contributed by atoms with van der Waals surface area (Å²) in [7, 11) is 0. The van der Waals surface area contributed by atoms with Gasteiger partial charge in [-0.2, -0.15) is 10.1 Å². The maximum absolute atomic E-state index is 11.3. The summed E-state index contributed by atoms with van der Waals surface area (Å²) in [6.45, 7) is 3.56. The van der Waals surface area contributed by atoms with Crippen molar-refractivity contribution in [2.24, 2.45) is 0 Å². The molecule has 0 aliphatic rings. The molecule has 0 fully saturated rings. The van der Waals surface area contributed by atoms with Crippen molar-refractivity contribution in [2.45, 2.75) is 13.8 Å². The SMILES string of the molecule is CC(=O)c1ccc(Nc2nncc(Nc3ccc(C)c(Br)c3)n2)cc1. The van der Waals surface area contributed by atoms with Gasteiger partial charge in [0, 0.05) is 21.4 Å². The summed E-state index contributed by atoms with van der Waals surface area (Å²) in [6, 6.07) is 13.1. The highest BCUT2D eigenvalue weighted by Crippen LogP contribution is 2.23. The Bertz CT molecular complexity index is 912. The average molecular weight is 398 g/mol. The molecule has 126 valence electrons. The lowest BCUT2D eigenvalue weighted by Crippen LogP contribution is -2.02. The molecule has 0 saturated heterocycles.